The molecular formula is C18H30N2O2. The van der Waals surface area contributed by atoms with E-state index in [0.29, 0.717) is 11.8 Å². The third kappa shape index (κ3) is 1.75. The topological polar surface area (TPSA) is 58.2 Å². The van der Waals surface area contributed by atoms with Crippen molar-refractivity contribution in [1.29, 1.82) is 0 Å². The molecule has 2 N–H and O–H groups in total. The molecule has 0 spiro atoms. The Labute approximate surface area is 133 Å². The summed E-state index contributed by atoms with van der Waals surface area (Å²) in [4.78, 5) is 23.8. The highest BCUT2D eigenvalue weighted by molar-refractivity contribution is 5.75. The molecule has 4 atom stereocenters. The van der Waals surface area contributed by atoms with Gasteiger partial charge in [-0.05, 0) is 48.3 Å². The molecule has 124 valence electrons. The number of carbonyl (C=O) groups excluding carboxylic acids is 2. The third-order valence-electron chi connectivity index (χ3n) is 7.70. The third-order valence-corrected chi connectivity index (χ3v) is 7.70. The van der Waals surface area contributed by atoms with E-state index >= 15 is 0 Å². The maximum absolute atomic E-state index is 11.9. The molecule has 4 nitrogen and oxygen atoms in total. The minimum atomic E-state index is -0.192. The van der Waals surface area contributed by atoms with Crippen LogP contribution in [0.2, 0.25) is 0 Å². The standard InChI is InChI=1S/C18H30N2O2/c1-11(21)19-17-8-13-7-14(15(17,3)4)9-18(10-17,16(13,5)6)20-12(2)22/h13-14H,7-10H2,1-6H3,(H,19,21)(H,20,22)/t13-,14-,17-,18-/m1/s1. The van der Waals surface area contributed by atoms with Crippen molar-refractivity contribution in [3.8, 4) is 0 Å². The normalized spacial score (nSPS) is 43.7. The molecule has 4 aliphatic rings. The summed E-state index contributed by atoms with van der Waals surface area (Å²) in [6.07, 6.45) is 4.13. The van der Waals surface area contributed by atoms with Gasteiger partial charge in [-0.1, -0.05) is 27.7 Å². The fraction of sp³-hybridized carbons (Fsp3) is 0.889. The Hall–Kier alpha value is -1.06. The Kier molecular flexibility index (Phi) is 3.07. The average Bonchev–Trinajstić information content (AvgIpc) is 2.28. The monoisotopic (exact) mass is 306 g/mol. The van der Waals surface area contributed by atoms with E-state index in [-0.39, 0.29) is 33.7 Å². The van der Waals surface area contributed by atoms with Crippen LogP contribution in [0.4, 0.5) is 0 Å². The first kappa shape index (κ1) is 15.8. The molecule has 0 aromatic heterocycles. The predicted octanol–water partition coefficient (Wildman–Crippen LogP) is 2.62. The Morgan fingerprint density at radius 3 is 1.50 bits per heavy atom. The summed E-state index contributed by atoms with van der Waals surface area (Å²) in [6.45, 7) is 12.5. The summed E-state index contributed by atoms with van der Waals surface area (Å²) in [5.41, 5.74) is -0.230. The summed E-state index contributed by atoms with van der Waals surface area (Å²) >= 11 is 0. The van der Waals surface area contributed by atoms with Crippen LogP contribution < -0.4 is 10.6 Å². The van der Waals surface area contributed by atoms with Gasteiger partial charge in [0.2, 0.25) is 11.8 Å². The smallest absolute Gasteiger partial charge is 0.217 e. The van der Waals surface area contributed by atoms with Crippen LogP contribution in [0.1, 0.15) is 67.2 Å². The van der Waals surface area contributed by atoms with Crippen LogP contribution in [0.5, 0.6) is 0 Å². The van der Waals surface area contributed by atoms with Gasteiger partial charge in [0.05, 0.1) is 0 Å². The Morgan fingerprint density at radius 2 is 1.18 bits per heavy atom. The number of hydrogen-bond acceptors (Lipinski definition) is 2. The van der Waals surface area contributed by atoms with Gasteiger partial charge in [0.15, 0.2) is 0 Å². The van der Waals surface area contributed by atoms with Gasteiger partial charge in [0.25, 0.3) is 0 Å². The highest BCUT2D eigenvalue weighted by Gasteiger charge is 2.72. The molecule has 4 fully saturated rings. The van der Waals surface area contributed by atoms with E-state index in [0.717, 1.165) is 19.3 Å². The molecule has 0 heterocycles. The predicted molar refractivity (Wildman–Crippen MR) is 86.1 cm³/mol. The molecule has 4 saturated carbocycles. The largest absolute Gasteiger partial charge is 0.350 e. The van der Waals surface area contributed by atoms with E-state index in [2.05, 4.69) is 38.3 Å². The van der Waals surface area contributed by atoms with Gasteiger partial charge >= 0.3 is 0 Å². The summed E-state index contributed by atoms with van der Waals surface area (Å²) < 4.78 is 0. The van der Waals surface area contributed by atoms with E-state index in [1.165, 1.54) is 6.42 Å². The van der Waals surface area contributed by atoms with Crippen molar-refractivity contribution in [1.82, 2.24) is 10.6 Å². The minimum absolute atomic E-state index is 0.0470. The number of amides is 2. The molecule has 2 amide bonds. The van der Waals surface area contributed by atoms with Gasteiger partial charge in [0.1, 0.15) is 0 Å². The summed E-state index contributed by atoms with van der Waals surface area (Å²) in [6, 6.07) is 0. The first-order valence-electron chi connectivity index (χ1n) is 8.53. The van der Waals surface area contributed by atoms with Crippen molar-refractivity contribution in [2.75, 3.05) is 0 Å². The van der Waals surface area contributed by atoms with Gasteiger partial charge in [-0.25, -0.2) is 0 Å². The van der Waals surface area contributed by atoms with Crippen molar-refractivity contribution in [3.63, 3.8) is 0 Å². The lowest BCUT2D eigenvalue weighted by Gasteiger charge is -2.74. The van der Waals surface area contributed by atoms with Crippen LogP contribution in [-0.2, 0) is 9.59 Å². The van der Waals surface area contributed by atoms with Gasteiger partial charge < -0.3 is 10.6 Å². The molecule has 4 heteroatoms. The summed E-state index contributed by atoms with van der Waals surface area (Å²) in [5, 5.41) is 6.65. The number of carbonyl (C=O) groups is 2. The molecule has 4 aliphatic carbocycles. The highest BCUT2D eigenvalue weighted by atomic mass is 16.2. The van der Waals surface area contributed by atoms with Gasteiger partial charge in [-0.2, -0.15) is 0 Å². The maximum atomic E-state index is 11.9. The van der Waals surface area contributed by atoms with E-state index in [4.69, 9.17) is 0 Å². The molecule has 0 aromatic rings. The van der Waals surface area contributed by atoms with E-state index in [1.54, 1.807) is 13.8 Å². The van der Waals surface area contributed by atoms with Crippen molar-refractivity contribution in [3.05, 3.63) is 0 Å². The Bertz CT molecular complexity index is 493. The zero-order valence-electron chi connectivity index (χ0n) is 14.8. The second kappa shape index (κ2) is 4.27. The molecule has 22 heavy (non-hydrogen) atoms. The van der Waals surface area contributed by atoms with Crippen molar-refractivity contribution in [2.24, 2.45) is 22.7 Å². The Balaban J connectivity index is 2.10. The highest BCUT2D eigenvalue weighted by Crippen LogP contribution is 2.70. The molecule has 0 aromatic carbocycles. The SMILES string of the molecule is CC(=O)N[C@]12C[C@H]3C[C@H](C[C@@](NC(C)=O)(C1)C3(C)C)C2(C)C. The molecule has 4 bridgehead atoms. The summed E-state index contributed by atoms with van der Waals surface area (Å²) in [5.74, 6) is 1.19. The molecular weight excluding hydrogens is 276 g/mol. The second-order valence-electron chi connectivity index (χ2n) is 9.18. The molecule has 0 aliphatic heterocycles. The van der Waals surface area contributed by atoms with E-state index in [1.807, 2.05) is 0 Å². The van der Waals surface area contributed by atoms with Gasteiger partial charge in [0, 0.05) is 24.9 Å². The van der Waals surface area contributed by atoms with Gasteiger partial charge in [-0.3, -0.25) is 9.59 Å². The lowest BCUT2D eigenvalue weighted by Crippen LogP contribution is -2.81. The van der Waals surface area contributed by atoms with Crippen LogP contribution in [0, 0.1) is 22.7 Å². The first-order valence-corrected chi connectivity index (χ1v) is 8.53. The van der Waals surface area contributed by atoms with Crippen molar-refractivity contribution in [2.45, 2.75) is 78.3 Å². The molecule has 4 rings (SSSR count). The molecule has 0 unspecified atom stereocenters. The lowest BCUT2D eigenvalue weighted by molar-refractivity contribution is -0.205. The fourth-order valence-corrected chi connectivity index (χ4v) is 6.06. The minimum Gasteiger partial charge on any atom is -0.350 e. The number of hydrogen-bond donors (Lipinski definition) is 2. The zero-order valence-corrected chi connectivity index (χ0v) is 14.8. The molecule has 0 saturated heterocycles. The fourth-order valence-electron chi connectivity index (χ4n) is 6.06. The van der Waals surface area contributed by atoms with Crippen LogP contribution in [0.15, 0.2) is 0 Å². The average molecular weight is 306 g/mol. The second-order valence-corrected chi connectivity index (χ2v) is 9.18. The van der Waals surface area contributed by atoms with Crippen LogP contribution >= 0.6 is 0 Å². The van der Waals surface area contributed by atoms with Crippen LogP contribution in [0.3, 0.4) is 0 Å². The van der Waals surface area contributed by atoms with Gasteiger partial charge in [-0.15, -0.1) is 0 Å². The number of nitrogens with one attached hydrogen (secondary N) is 2. The zero-order chi connectivity index (χ0) is 16.6. The van der Waals surface area contributed by atoms with E-state index in [9.17, 15) is 9.59 Å². The van der Waals surface area contributed by atoms with Crippen LogP contribution in [-0.4, -0.2) is 22.9 Å². The summed E-state index contributed by atoms with van der Waals surface area (Å²) in [7, 11) is 0. The van der Waals surface area contributed by atoms with E-state index < -0.39 is 0 Å². The quantitative estimate of drug-likeness (QED) is 0.824. The van der Waals surface area contributed by atoms with Crippen molar-refractivity contribution >= 4 is 11.8 Å². The molecule has 0 radical (unpaired) electrons. The van der Waals surface area contributed by atoms with Crippen molar-refractivity contribution < 1.29 is 9.59 Å². The lowest BCUT2D eigenvalue weighted by atomic mass is 9.34. The van der Waals surface area contributed by atoms with Crippen LogP contribution in [0.25, 0.3) is 0 Å². The number of rotatable bonds is 2. The first-order chi connectivity index (χ1) is 9.96. The Morgan fingerprint density at radius 1 is 0.818 bits per heavy atom. The maximum Gasteiger partial charge on any atom is 0.217 e.